The van der Waals surface area contributed by atoms with Crippen molar-refractivity contribution in [3.05, 3.63) is 53.7 Å². The van der Waals surface area contributed by atoms with Crippen molar-refractivity contribution in [2.45, 2.75) is 37.9 Å². The number of benzene rings is 1. The van der Waals surface area contributed by atoms with Crippen molar-refractivity contribution in [2.75, 3.05) is 23.0 Å². The molecular weight excluding hydrogens is 439 g/mol. The fraction of sp³-hybridized carbons (Fsp3) is 0.364. The molecule has 2 N–H and O–H groups in total. The zero-order valence-corrected chi connectivity index (χ0v) is 17.6. The highest BCUT2D eigenvalue weighted by molar-refractivity contribution is 6.01. The molecule has 1 aromatic heterocycles. The molecule has 0 radical (unpaired) electrons. The first-order chi connectivity index (χ1) is 15.7. The van der Waals surface area contributed by atoms with Crippen LogP contribution in [-0.4, -0.2) is 41.8 Å². The van der Waals surface area contributed by atoms with Crippen molar-refractivity contribution < 1.29 is 27.6 Å². The minimum atomic E-state index is -4.42. The predicted octanol–water partition coefficient (Wildman–Crippen LogP) is 2.66. The van der Waals surface area contributed by atoms with E-state index in [1.807, 2.05) is 4.90 Å². The van der Waals surface area contributed by atoms with Gasteiger partial charge in [-0.3, -0.25) is 19.8 Å². The number of aromatic nitrogens is 1. The Morgan fingerprint density at radius 2 is 1.73 bits per heavy atom. The van der Waals surface area contributed by atoms with Crippen LogP contribution in [0, 0.1) is 0 Å². The summed E-state index contributed by atoms with van der Waals surface area (Å²) in [6.07, 6.45) is -2.05. The zero-order chi connectivity index (χ0) is 23.6. The highest BCUT2D eigenvalue weighted by Crippen LogP contribution is 2.30. The summed E-state index contributed by atoms with van der Waals surface area (Å²) in [7, 11) is 0. The van der Waals surface area contributed by atoms with Crippen molar-refractivity contribution in [1.29, 1.82) is 0 Å². The Labute approximate surface area is 187 Å². The third kappa shape index (κ3) is 5.24. The van der Waals surface area contributed by atoms with Gasteiger partial charge in [0.15, 0.2) is 0 Å². The molecule has 11 heteroatoms. The highest BCUT2D eigenvalue weighted by atomic mass is 19.4. The van der Waals surface area contributed by atoms with Gasteiger partial charge in [-0.25, -0.2) is 9.99 Å². The maximum absolute atomic E-state index is 12.7. The van der Waals surface area contributed by atoms with Gasteiger partial charge in [0.25, 0.3) is 5.91 Å². The topological polar surface area (TPSA) is 94.6 Å². The first-order valence-corrected chi connectivity index (χ1v) is 10.5. The van der Waals surface area contributed by atoms with Crippen LogP contribution in [0.5, 0.6) is 0 Å². The van der Waals surface area contributed by atoms with E-state index in [-0.39, 0.29) is 36.6 Å². The molecule has 4 rings (SSSR count). The first kappa shape index (κ1) is 22.6. The van der Waals surface area contributed by atoms with E-state index in [0.717, 1.165) is 12.3 Å². The standard InChI is InChI=1S/C22H22F3N5O3/c23-22(24,25)15-3-6-18(26-13-15)29-11-9-16(10-12-29)27-21(33)14-1-4-17(5-2-14)30-20(32)8-7-19(31)28-30/h1-6,13,16H,7-12H2,(H,27,33)(H,28,31). The molecule has 0 saturated carbocycles. The monoisotopic (exact) mass is 461 g/mol. The van der Waals surface area contributed by atoms with Crippen molar-refractivity contribution in [1.82, 2.24) is 15.7 Å². The molecule has 1 aromatic carbocycles. The number of rotatable bonds is 4. The van der Waals surface area contributed by atoms with Crippen LogP contribution in [0.3, 0.4) is 0 Å². The van der Waals surface area contributed by atoms with E-state index in [9.17, 15) is 27.6 Å². The van der Waals surface area contributed by atoms with Gasteiger partial charge in [-0.1, -0.05) is 0 Å². The van der Waals surface area contributed by atoms with Gasteiger partial charge in [0.1, 0.15) is 5.82 Å². The number of pyridine rings is 1. The number of nitrogens with zero attached hydrogens (tertiary/aromatic N) is 3. The van der Waals surface area contributed by atoms with E-state index >= 15 is 0 Å². The number of anilines is 2. The normalized spacial score (nSPS) is 17.7. The van der Waals surface area contributed by atoms with Crippen LogP contribution < -0.4 is 20.7 Å². The second-order valence-electron chi connectivity index (χ2n) is 7.95. The zero-order valence-electron chi connectivity index (χ0n) is 17.6. The summed E-state index contributed by atoms with van der Waals surface area (Å²) < 4.78 is 38.1. The number of hydrazine groups is 1. The molecular formula is C22H22F3N5O3. The molecule has 3 amide bonds. The number of hydrogen-bond donors (Lipinski definition) is 2. The summed E-state index contributed by atoms with van der Waals surface area (Å²) in [6.45, 7) is 1.11. The lowest BCUT2D eigenvalue weighted by atomic mass is 10.0. The van der Waals surface area contributed by atoms with Crippen molar-refractivity contribution in [3.8, 4) is 0 Å². The lowest BCUT2D eigenvalue weighted by molar-refractivity contribution is -0.137. The number of halogens is 3. The van der Waals surface area contributed by atoms with Crippen molar-refractivity contribution >= 4 is 29.2 Å². The van der Waals surface area contributed by atoms with Crippen LogP contribution in [0.25, 0.3) is 0 Å². The second kappa shape index (κ2) is 9.08. The number of alkyl halides is 3. The summed E-state index contributed by atoms with van der Waals surface area (Å²) in [6, 6.07) is 8.65. The van der Waals surface area contributed by atoms with Crippen LogP contribution >= 0.6 is 0 Å². The Morgan fingerprint density at radius 3 is 2.33 bits per heavy atom. The molecule has 2 aromatic rings. The van der Waals surface area contributed by atoms with Gasteiger partial charge < -0.3 is 10.2 Å². The quantitative estimate of drug-likeness (QED) is 0.730. The van der Waals surface area contributed by atoms with Gasteiger partial charge in [0.2, 0.25) is 11.8 Å². The maximum Gasteiger partial charge on any atom is 0.417 e. The lowest BCUT2D eigenvalue weighted by Gasteiger charge is -2.33. The summed E-state index contributed by atoms with van der Waals surface area (Å²) in [5, 5.41) is 4.15. The third-order valence-corrected chi connectivity index (χ3v) is 5.67. The molecule has 174 valence electrons. The molecule has 2 aliphatic rings. The van der Waals surface area contributed by atoms with E-state index in [1.165, 1.54) is 11.1 Å². The molecule has 2 aliphatic heterocycles. The molecule has 0 aliphatic carbocycles. The molecule has 33 heavy (non-hydrogen) atoms. The van der Waals surface area contributed by atoms with E-state index in [4.69, 9.17) is 0 Å². The predicted molar refractivity (Wildman–Crippen MR) is 113 cm³/mol. The highest BCUT2D eigenvalue weighted by Gasteiger charge is 2.31. The molecule has 2 saturated heterocycles. The lowest BCUT2D eigenvalue weighted by Crippen LogP contribution is -2.50. The molecule has 3 heterocycles. The second-order valence-corrected chi connectivity index (χ2v) is 7.95. The van der Waals surface area contributed by atoms with E-state index in [2.05, 4.69) is 15.7 Å². The van der Waals surface area contributed by atoms with Crippen LogP contribution in [-0.2, 0) is 15.8 Å². The summed E-state index contributed by atoms with van der Waals surface area (Å²) in [4.78, 5) is 41.9. The smallest absolute Gasteiger partial charge is 0.356 e. The van der Waals surface area contributed by atoms with Gasteiger partial charge in [-0.15, -0.1) is 0 Å². The van der Waals surface area contributed by atoms with Crippen LogP contribution in [0.15, 0.2) is 42.6 Å². The van der Waals surface area contributed by atoms with Crippen LogP contribution in [0.4, 0.5) is 24.7 Å². The third-order valence-electron chi connectivity index (χ3n) is 5.67. The Hall–Kier alpha value is -3.63. The Morgan fingerprint density at radius 1 is 1.03 bits per heavy atom. The van der Waals surface area contributed by atoms with Crippen LogP contribution in [0.1, 0.15) is 41.6 Å². The van der Waals surface area contributed by atoms with Crippen molar-refractivity contribution in [3.63, 3.8) is 0 Å². The number of carbonyl (C=O) groups excluding carboxylic acids is 3. The SMILES string of the molecule is O=C1CCC(=O)N(c2ccc(C(=O)NC3CCN(c4ccc(C(F)(F)F)cn4)CC3)cc2)N1. The minimum absolute atomic E-state index is 0.0779. The average Bonchev–Trinajstić information content (AvgIpc) is 2.81. The van der Waals surface area contributed by atoms with E-state index < -0.39 is 11.7 Å². The number of piperidine rings is 1. The Kier molecular flexibility index (Phi) is 6.21. The summed E-state index contributed by atoms with van der Waals surface area (Å²) >= 11 is 0. The Bertz CT molecular complexity index is 1030. The molecule has 8 nitrogen and oxygen atoms in total. The fourth-order valence-corrected chi connectivity index (χ4v) is 3.81. The maximum atomic E-state index is 12.7. The summed E-state index contributed by atoms with van der Waals surface area (Å²) in [5.74, 6) is -0.250. The van der Waals surface area contributed by atoms with Gasteiger partial charge >= 0.3 is 6.18 Å². The van der Waals surface area contributed by atoms with E-state index in [1.54, 1.807) is 24.3 Å². The molecule has 0 atom stereocenters. The largest absolute Gasteiger partial charge is 0.417 e. The first-order valence-electron chi connectivity index (χ1n) is 10.5. The molecule has 0 bridgehead atoms. The molecule has 2 fully saturated rings. The molecule has 0 spiro atoms. The number of carbonyl (C=O) groups is 3. The number of amides is 3. The number of nitrogens with one attached hydrogen (secondary N) is 2. The van der Waals surface area contributed by atoms with Gasteiger partial charge in [-0.2, -0.15) is 13.2 Å². The average molecular weight is 461 g/mol. The van der Waals surface area contributed by atoms with E-state index in [0.29, 0.717) is 43.0 Å². The van der Waals surface area contributed by atoms with Crippen molar-refractivity contribution in [2.24, 2.45) is 0 Å². The Balaban J connectivity index is 1.30. The molecule has 0 unspecified atom stereocenters. The minimum Gasteiger partial charge on any atom is -0.356 e. The fourth-order valence-electron chi connectivity index (χ4n) is 3.81. The van der Waals surface area contributed by atoms with Gasteiger partial charge in [-0.05, 0) is 49.2 Å². The number of hydrogen-bond acceptors (Lipinski definition) is 5. The van der Waals surface area contributed by atoms with Gasteiger partial charge in [0.05, 0.1) is 11.3 Å². The van der Waals surface area contributed by atoms with Gasteiger partial charge in [0, 0.05) is 43.7 Å². The summed E-state index contributed by atoms with van der Waals surface area (Å²) in [5.41, 5.74) is 2.61. The van der Waals surface area contributed by atoms with Crippen LogP contribution in [0.2, 0.25) is 0 Å².